The van der Waals surface area contributed by atoms with Crippen molar-refractivity contribution in [1.82, 2.24) is 0 Å². The van der Waals surface area contributed by atoms with Crippen LogP contribution in [0, 0.1) is 5.92 Å². The third-order valence-corrected chi connectivity index (χ3v) is 5.31. The van der Waals surface area contributed by atoms with Crippen LogP contribution < -0.4 is 9.67 Å². The second kappa shape index (κ2) is 11.8. The second-order valence-electron chi connectivity index (χ2n) is 5.15. The van der Waals surface area contributed by atoms with E-state index in [1.165, 1.54) is 25.1 Å². The molecule has 1 amide bonds. The summed E-state index contributed by atoms with van der Waals surface area (Å²) < 4.78 is 42.8. The van der Waals surface area contributed by atoms with Crippen LogP contribution >= 0.6 is 8.69 Å². The fourth-order valence-corrected chi connectivity index (χ4v) is 3.53. The minimum atomic E-state index is -5.14. The Morgan fingerprint density at radius 2 is 1.96 bits per heavy atom. The number of para-hydroxylation sites is 1. The third-order valence-electron chi connectivity index (χ3n) is 2.96. The Kier molecular flexibility index (Phi) is 11.1. The van der Waals surface area contributed by atoms with Crippen LogP contribution in [0.15, 0.2) is 18.2 Å². The molecule has 26 heavy (non-hydrogen) atoms. The van der Waals surface area contributed by atoms with E-state index in [9.17, 15) is 23.0 Å². The number of aliphatic hydroxyl groups excluding tert-OH is 1. The van der Waals surface area contributed by atoms with E-state index in [1.807, 2.05) is 0 Å². The number of amides is 1. The van der Waals surface area contributed by atoms with Crippen LogP contribution in [0.4, 0.5) is 5.69 Å². The van der Waals surface area contributed by atoms with E-state index in [0.717, 1.165) is 0 Å². The molecule has 0 aliphatic carbocycles. The quantitative estimate of drug-likeness (QED) is 0.218. The number of phenols is 1. The van der Waals surface area contributed by atoms with Crippen LogP contribution in [-0.2, 0) is 22.4 Å². The van der Waals surface area contributed by atoms with E-state index in [-0.39, 0.29) is 28.3 Å². The standard InChI is InChI=1S/C8H10AsNO5.C6H11O4P/c1-5(11)10-8-6(9(13,14)15)3-2-4-7(8)12;1-5(3-2-4-7)6(8)10-11-9/h2-4,12H,1H3,(H,10,11)(H2,13,14,15);5,7H,2-4H2,1H3. The summed E-state index contributed by atoms with van der Waals surface area (Å²) in [5, 5.41) is 19.9. The number of hydrogen-bond acceptors (Lipinski definition) is 7. The molecule has 0 spiro atoms. The van der Waals surface area contributed by atoms with E-state index < -0.39 is 34.7 Å². The summed E-state index contributed by atoms with van der Waals surface area (Å²) in [5.41, 5.74) is -0.225. The maximum absolute atomic E-state index is 11.1. The maximum Gasteiger partial charge on any atom is 0.398 e. The molecule has 0 saturated carbocycles. The maximum atomic E-state index is 11.1. The van der Waals surface area contributed by atoms with Crippen molar-refractivity contribution in [2.75, 3.05) is 11.9 Å². The summed E-state index contributed by atoms with van der Waals surface area (Å²) >= 11 is -5.14. The average Bonchev–Trinajstić information content (AvgIpc) is 2.54. The molecule has 12 heteroatoms. The molecule has 0 aromatic heterocycles. The van der Waals surface area contributed by atoms with Crippen molar-refractivity contribution in [2.45, 2.75) is 26.7 Å². The SMILES string of the molecule is CC(=O)Nc1c(O)cccc1[As](=O)(O)O.CC(CCCO)C(=O)OP=O. The number of anilines is 1. The topological polar surface area (TPSA) is 170 Å². The van der Waals surface area contributed by atoms with E-state index in [4.69, 9.17) is 13.3 Å². The fourth-order valence-electron chi connectivity index (χ4n) is 1.72. The van der Waals surface area contributed by atoms with Gasteiger partial charge < -0.3 is 9.63 Å². The van der Waals surface area contributed by atoms with E-state index in [0.29, 0.717) is 12.8 Å². The number of carbonyl (C=O) groups is 2. The normalized spacial score (nSPS) is 11.9. The molecule has 1 atom stereocenters. The summed E-state index contributed by atoms with van der Waals surface area (Å²) in [6.07, 6.45) is 1.12. The van der Waals surface area contributed by atoms with Crippen molar-refractivity contribution in [2.24, 2.45) is 5.92 Å². The van der Waals surface area contributed by atoms with Gasteiger partial charge in [0.2, 0.25) is 0 Å². The monoisotopic (exact) mass is 453 g/mol. The number of aromatic hydroxyl groups is 1. The van der Waals surface area contributed by atoms with Gasteiger partial charge in [0.05, 0.1) is 5.92 Å². The van der Waals surface area contributed by atoms with Gasteiger partial charge in [0, 0.05) is 6.61 Å². The predicted molar refractivity (Wildman–Crippen MR) is 92.1 cm³/mol. The van der Waals surface area contributed by atoms with Gasteiger partial charge in [-0.2, -0.15) is 0 Å². The molecule has 0 bridgehead atoms. The van der Waals surface area contributed by atoms with Crippen LogP contribution in [-0.4, -0.2) is 51.1 Å². The molecule has 1 aromatic carbocycles. The van der Waals surface area contributed by atoms with Gasteiger partial charge in [-0.05, 0) is 12.8 Å². The number of benzene rings is 1. The molecule has 5 N–H and O–H groups in total. The van der Waals surface area contributed by atoms with Gasteiger partial charge in [-0.1, -0.05) is 6.92 Å². The second-order valence-corrected chi connectivity index (χ2v) is 8.77. The number of rotatable bonds is 7. The Morgan fingerprint density at radius 1 is 1.35 bits per heavy atom. The Balaban J connectivity index is 0.000000508. The van der Waals surface area contributed by atoms with Crippen LogP contribution in [0.2, 0.25) is 0 Å². The first-order chi connectivity index (χ1) is 12.0. The number of aliphatic hydroxyl groups is 1. The molecule has 1 rings (SSSR count). The van der Waals surface area contributed by atoms with Gasteiger partial charge in [0.1, 0.15) is 0 Å². The Morgan fingerprint density at radius 3 is 2.42 bits per heavy atom. The van der Waals surface area contributed by atoms with Crippen LogP contribution in [0.5, 0.6) is 5.75 Å². The van der Waals surface area contributed by atoms with Gasteiger partial charge in [0.25, 0.3) is 0 Å². The van der Waals surface area contributed by atoms with Crippen molar-refractivity contribution < 1.29 is 40.8 Å². The fraction of sp³-hybridized carbons (Fsp3) is 0.429. The average molecular weight is 453 g/mol. The Hall–Kier alpha value is -1.70. The number of carbonyl (C=O) groups excluding carboxylic acids is 2. The third kappa shape index (κ3) is 9.12. The molecule has 0 heterocycles. The Bertz CT molecular complexity index is 676. The first-order valence-corrected chi connectivity index (χ1v) is 11.5. The van der Waals surface area contributed by atoms with Crippen LogP contribution in [0.3, 0.4) is 0 Å². The van der Waals surface area contributed by atoms with E-state index >= 15 is 0 Å². The van der Waals surface area contributed by atoms with E-state index in [1.54, 1.807) is 6.92 Å². The molecule has 146 valence electrons. The molecule has 0 fully saturated rings. The van der Waals surface area contributed by atoms with Gasteiger partial charge in [0.15, 0.2) is 0 Å². The van der Waals surface area contributed by atoms with Gasteiger partial charge in [-0.25, -0.2) is 4.57 Å². The first kappa shape index (κ1) is 24.3. The van der Waals surface area contributed by atoms with Gasteiger partial charge in [-0.15, -0.1) is 0 Å². The zero-order valence-corrected chi connectivity index (χ0v) is 16.9. The zero-order valence-electron chi connectivity index (χ0n) is 14.2. The largest absolute Gasteiger partial charge is 0.398 e. The van der Waals surface area contributed by atoms with Crippen LogP contribution in [0.1, 0.15) is 26.7 Å². The molecule has 0 aliphatic rings. The summed E-state index contributed by atoms with van der Waals surface area (Å²) in [7, 11) is -0.608. The molecule has 0 radical (unpaired) electrons. The summed E-state index contributed by atoms with van der Waals surface area (Å²) in [6.45, 7) is 2.92. The number of hydrogen-bond donors (Lipinski definition) is 5. The van der Waals surface area contributed by atoms with Crippen molar-refractivity contribution in [3.63, 3.8) is 0 Å². The molecule has 1 aromatic rings. The van der Waals surface area contributed by atoms with Crippen molar-refractivity contribution in [1.29, 1.82) is 0 Å². The molecular formula is C14H21AsNO9P. The van der Waals surface area contributed by atoms with Gasteiger partial charge >= 0.3 is 103 Å². The molecule has 10 nitrogen and oxygen atoms in total. The summed E-state index contributed by atoms with van der Waals surface area (Å²) in [5.74, 6) is -1.66. The van der Waals surface area contributed by atoms with Crippen molar-refractivity contribution >= 4 is 44.8 Å². The van der Waals surface area contributed by atoms with Crippen molar-refractivity contribution in [3.8, 4) is 5.75 Å². The predicted octanol–water partition coefficient (Wildman–Crippen LogP) is 0.0565. The molecular weight excluding hydrogens is 432 g/mol. The number of phenolic OH excluding ortho intramolecular Hbond substituents is 1. The molecule has 0 aliphatic heterocycles. The zero-order chi connectivity index (χ0) is 20.3. The smallest absolute Gasteiger partial charge is 0.396 e. The molecule has 1 unspecified atom stereocenters. The van der Waals surface area contributed by atoms with Crippen LogP contribution in [0.25, 0.3) is 0 Å². The summed E-state index contributed by atoms with van der Waals surface area (Å²) in [4.78, 5) is 21.5. The Labute approximate surface area is 154 Å². The first-order valence-electron chi connectivity index (χ1n) is 7.34. The minimum Gasteiger partial charge on any atom is -0.396 e. The molecule has 0 saturated heterocycles. The van der Waals surface area contributed by atoms with Crippen molar-refractivity contribution in [3.05, 3.63) is 18.2 Å². The minimum absolute atomic E-state index is 0.0622. The van der Waals surface area contributed by atoms with E-state index in [2.05, 4.69) is 9.84 Å². The van der Waals surface area contributed by atoms with Gasteiger partial charge in [-0.3, -0.25) is 4.79 Å². The summed E-state index contributed by atoms with van der Waals surface area (Å²) in [6, 6.07) is 3.71. The number of nitrogens with one attached hydrogen (secondary N) is 1.